The molecule has 0 aromatic carbocycles. The highest BCUT2D eigenvalue weighted by Crippen LogP contribution is 2.24. The molecule has 0 saturated carbocycles. The molecule has 0 aliphatic carbocycles. The van der Waals surface area contributed by atoms with E-state index in [0.717, 1.165) is 13.1 Å². The van der Waals surface area contributed by atoms with E-state index in [1.165, 1.54) is 5.56 Å². The minimum absolute atomic E-state index is 0.0695. The van der Waals surface area contributed by atoms with Gasteiger partial charge in [0.1, 0.15) is 6.04 Å². The molecule has 1 aliphatic rings. The van der Waals surface area contributed by atoms with Crippen LogP contribution in [0.25, 0.3) is 0 Å². The average molecular weight is 347 g/mol. The Labute approximate surface area is 149 Å². The van der Waals surface area contributed by atoms with Crippen molar-refractivity contribution in [2.75, 3.05) is 26.2 Å². The largest absolute Gasteiger partial charge is 0.352 e. The van der Waals surface area contributed by atoms with Gasteiger partial charge in [-0.2, -0.15) is 0 Å². The SMILES string of the molecule is C[C@H](c1cccnc1)N1CCN(C(=O)[C@@H](NC(N)=O)C(C)(C)C)CC1. The molecule has 2 atom stereocenters. The number of nitrogens with two attached hydrogens (primary N) is 1. The van der Waals surface area contributed by atoms with Crippen molar-refractivity contribution in [1.82, 2.24) is 20.1 Å². The van der Waals surface area contributed by atoms with E-state index in [-0.39, 0.29) is 11.9 Å². The zero-order chi connectivity index (χ0) is 18.6. The molecule has 1 aromatic heterocycles. The van der Waals surface area contributed by atoms with E-state index in [2.05, 4.69) is 28.2 Å². The van der Waals surface area contributed by atoms with Gasteiger partial charge in [0.25, 0.3) is 0 Å². The van der Waals surface area contributed by atoms with Crippen molar-refractivity contribution >= 4 is 11.9 Å². The van der Waals surface area contributed by atoms with Crippen LogP contribution in [0.1, 0.15) is 39.3 Å². The van der Waals surface area contributed by atoms with Crippen molar-refractivity contribution < 1.29 is 9.59 Å². The number of urea groups is 1. The number of carbonyl (C=O) groups excluding carboxylic acids is 2. The van der Waals surface area contributed by atoms with Crippen LogP contribution in [0.15, 0.2) is 24.5 Å². The summed E-state index contributed by atoms with van der Waals surface area (Å²) < 4.78 is 0. The van der Waals surface area contributed by atoms with Crippen molar-refractivity contribution in [1.29, 1.82) is 0 Å². The quantitative estimate of drug-likeness (QED) is 0.860. The zero-order valence-electron chi connectivity index (χ0n) is 15.5. The molecule has 25 heavy (non-hydrogen) atoms. The summed E-state index contributed by atoms with van der Waals surface area (Å²) in [7, 11) is 0. The summed E-state index contributed by atoms with van der Waals surface area (Å²) in [6.45, 7) is 10.8. The lowest BCUT2D eigenvalue weighted by Gasteiger charge is -2.41. The van der Waals surface area contributed by atoms with Crippen molar-refractivity contribution in [3.8, 4) is 0 Å². The Morgan fingerprint density at radius 2 is 1.88 bits per heavy atom. The average Bonchev–Trinajstić information content (AvgIpc) is 2.58. The molecule has 1 aliphatic heterocycles. The maximum absolute atomic E-state index is 12.9. The predicted octanol–water partition coefficient (Wildman–Crippen LogP) is 1.37. The molecular weight excluding hydrogens is 318 g/mol. The molecule has 1 fully saturated rings. The third-order valence-electron chi connectivity index (χ3n) is 4.74. The van der Waals surface area contributed by atoms with E-state index in [0.29, 0.717) is 13.1 Å². The second kappa shape index (κ2) is 7.82. The molecule has 0 radical (unpaired) electrons. The summed E-state index contributed by atoms with van der Waals surface area (Å²) >= 11 is 0. The molecule has 0 spiro atoms. The number of piperazine rings is 1. The summed E-state index contributed by atoms with van der Waals surface area (Å²) in [6.07, 6.45) is 3.65. The molecule has 7 heteroatoms. The highest BCUT2D eigenvalue weighted by molar-refractivity contribution is 5.87. The van der Waals surface area contributed by atoms with Gasteiger partial charge < -0.3 is 16.0 Å². The first kappa shape index (κ1) is 19.2. The van der Waals surface area contributed by atoms with E-state index in [1.807, 2.05) is 37.9 Å². The molecule has 2 heterocycles. The first-order valence-electron chi connectivity index (χ1n) is 8.69. The van der Waals surface area contributed by atoms with Gasteiger partial charge in [-0.1, -0.05) is 26.8 Å². The van der Waals surface area contributed by atoms with Crippen molar-refractivity contribution in [3.63, 3.8) is 0 Å². The Bertz CT molecular complexity index is 591. The number of aromatic nitrogens is 1. The number of hydrogen-bond donors (Lipinski definition) is 2. The predicted molar refractivity (Wildman–Crippen MR) is 96.8 cm³/mol. The van der Waals surface area contributed by atoms with Crippen molar-refractivity contribution in [3.05, 3.63) is 30.1 Å². The highest BCUT2D eigenvalue weighted by Gasteiger charge is 2.36. The van der Waals surface area contributed by atoms with E-state index < -0.39 is 17.5 Å². The van der Waals surface area contributed by atoms with Crippen LogP contribution < -0.4 is 11.1 Å². The summed E-state index contributed by atoms with van der Waals surface area (Å²) in [4.78, 5) is 32.5. The van der Waals surface area contributed by atoms with Gasteiger partial charge in [0.05, 0.1) is 0 Å². The van der Waals surface area contributed by atoms with Gasteiger partial charge in [0.15, 0.2) is 0 Å². The van der Waals surface area contributed by atoms with E-state index >= 15 is 0 Å². The second-order valence-corrected chi connectivity index (χ2v) is 7.63. The second-order valence-electron chi connectivity index (χ2n) is 7.63. The van der Waals surface area contributed by atoms with Crippen LogP contribution in [-0.2, 0) is 4.79 Å². The van der Waals surface area contributed by atoms with Crippen LogP contribution in [-0.4, -0.2) is 58.9 Å². The number of nitrogens with one attached hydrogen (secondary N) is 1. The van der Waals surface area contributed by atoms with Gasteiger partial charge in [0, 0.05) is 44.6 Å². The summed E-state index contributed by atoms with van der Waals surface area (Å²) in [6, 6.07) is 2.98. The minimum Gasteiger partial charge on any atom is -0.352 e. The smallest absolute Gasteiger partial charge is 0.312 e. The molecule has 3 amide bonds. The van der Waals surface area contributed by atoms with E-state index in [9.17, 15) is 9.59 Å². The van der Waals surface area contributed by atoms with E-state index in [4.69, 9.17) is 5.73 Å². The molecule has 1 saturated heterocycles. The number of carbonyl (C=O) groups is 2. The Hall–Kier alpha value is -2.15. The first-order chi connectivity index (χ1) is 11.7. The van der Waals surface area contributed by atoms with Gasteiger partial charge in [0.2, 0.25) is 5.91 Å². The van der Waals surface area contributed by atoms with Crippen LogP contribution >= 0.6 is 0 Å². The maximum Gasteiger partial charge on any atom is 0.312 e. The van der Waals surface area contributed by atoms with Crippen molar-refractivity contribution in [2.24, 2.45) is 11.1 Å². The van der Waals surface area contributed by atoms with Crippen LogP contribution in [0.5, 0.6) is 0 Å². The number of rotatable bonds is 4. The van der Waals surface area contributed by atoms with Crippen LogP contribution in [0, 0.1) is 5.41 Å². The number of amides is 3. The fourth-order valence-electron chi connectivity index (χ4n) is 3.14. The highest BCUT2D eigenvalue weighted by atomic mass is 16.2. The maximum atomic E-state index is 12.9. The summed E-state index contributed by atoms with van der Waals surface area (Å²) in [5.74, 6) is -0.0695. The van der Waals surface area contributed by atoms with Gasteiger partial charge in [-0.25, -0.2) is 4.79 Å². The summed E-state index contributed by atoms with van der Waals surface area (Å²) in [5, 5.41) is 2.60. The van der Waals surface area contributed by atoms with Crippen LogP contribution in [0.4, 0.5) is 4.79 Å². The number of pyridine rings is 1. The lowest BCUT2D eigenvalue weighted by Crippen LogP contribution is -2.59. The first-order valence-corrected chi connectivity index (χ1v) is 8.69. The fourth-order valence-corrected chi connectivity index (χ4v) is 3.14. The Morgan fingerprint density at radius 3 is 2.36 bits per heavy atom. The molecule has 138 valence electrons. The Balaban J connectivity index is 1.98. The topological polar surface area (TPSA) is 91.6 Å². The molecule has 1 aromatic rings. The molecule has 7 nitrogen and oxygen atoms in total. The van der Waals surface area contributed by atoms with Gasteiger partial charge >= 0.3 is 6.03 Å². The van der Waals surface area contributed by atoms with Crippen LogP contribution in [0.3, 0.4) is 0 Å². The molecular formula is C18H29N5O2. The van der Waals surface area contributed by atoms with Crippen molar-refractivity contribution in [2.45, 2.75) is 39.8 Å². The molecule has 0 bridgehead atoms. The lowest BCUT2D eigenvalue weighted by molar-refractivity contribution is -0.137. The lowest BCUT2D eigenvalue weighted by atomic mass is 9.85. The van der Waals surface area contributed by atoms with E-state index in [1.54, 1.807) is 6.20 Å². The third-order valence-corrected chi connectivity index (χ3v) is 4.74. The summed E-state index contributed by atoms with van der Waals surface area (Å²) in [5.41, 5.74) is 6.02. The molecule has 0 unspecified atom stereocenters. The standard InChI is InChI=1S/C18H29N5O2/c1-13(14-6-5-7-20-12-14)22-8-10-23(11-9-22)16(24)15(18(2,3)4)21-17(19)25/h5-7,12-13,15H,8-11H2,1-4H3,(H3,19,21,25)/t13-,15-/m1/s1. The molecule has 3 N–H and O–H groups in total. The van der Waals surface area contributed by atoms with Gasteiger partial charge in [-0.05, 0) is 24.0 Å². The van der Waals surface area contributed by atoms with Gasteiger partial charge in [-0.3, -0.25) is 14.7 Å². The minimum atomic E-state index is -0.669. The number of hydrogen-bond acceptors (Lipinski definition) is 4. The molecule has 2 rings (SSSR count). The number of nitrogens with zero attached hydrogens (tertiary/aromatic N) is 3. The van der Waals surface area contributed by atoms with Crippen LogP contribution in [0.2, 0.25) is 0 Å². The monoisotopic (exact) mass is 347 g/mol. The zero-order valence-corrected chi connectivity index (χ0v) is 15.5. The van der Waals surface area contributed by atoms with Gasteiger partial charge in [-0.15, -0.1) is 0 Å². The normalized spacial score (nSPS) is 18.5. The third kappa shape index (κ3) is 4.92. The Morgan fingerprint density at radius 1 is 1.24 bits per heavy atom. The number of primary amides is 1. The fraction of sp³-hybridized carbons (Fsp3) is 0.611. The Kier molecular flexibility index (Phi) is 6.00.